The monoisotopic (exact) mass is 226 g/mol. The van der Waals surface area contributed by atoms with Crippen molar-refractivity contribution in [3.63, 3.8) is 0 Å². The summed E-state index contributed by atoms with van der Waals surface area (Å²) in [5.41, 5.74) is 0.697. The Morgan fingerprint density at radius 1 is 1.60 bits per heavy atom. The van der Waals surface area contributed by atoms with Crippen LogP contribution >= 0.6 is 11.6 Å². The second kappa shape index (κ2) is 4.08. The van der Waals surface area contributed by atoms with Gasteiger partial charge in [-0.05, 0) is 30.7 Å². The van der Waals surface area contributed by atoms with Crippen LogP contribution in [0, 0.1) is 0 Å². The van der Waals surface area contributed by atoms with Crippen molar-refractivity contribution in [1.82, 2.24) is 9.78 Å². The van der Waals surface area contributed by atoms with Gasteiger partial charge in [-0.3, -0.25) is 4.68 Å². The normalized spacial score (nSPS) is 13.0. The molecule has 0 amide bonds. The average molecular weight is 227 g/mol. The van der Waals surface area contributed by atoms with E-state index in [1.807, 2.05) is 6.92 Å². The standard InChI is InChI=1S/C10H11ClN2O2/c1-2-13-6-7(5-12-13)10(14)8-3-4-9(11)15-8/h3-6,10,14H,2H2,1H3. The van der Waals surface area contributed by atoms with Crippen molar-refractivity contribution in [2.24, 2.45) is 0 Å². The summed E-state index contributed by atoms with van der Waals surface area (Å²) in [6.45, 7) is 2.75. The van der Waals surface area contributed by atoms with Crippen molar-refractivity contribution in [2.45, 2.75) is 19.6 Å². The predicted octanol–water partition coefficient (Wildman–Crippen LogP) is 2.23. The van der Waals surface area contributed by atoms with Crippen molar-refractivity contribution in [2.75, 3.05) is 0 Å². The van der Waals surface area contributed by atoms with E-state index in [9.17, 15) is 5.11 Å². The summed E-state index contributed by atoms with van der Waals surface area (Å²) in [4.78, 5) is 0. The van der Waals surface area contributed by atoms with Crippen molar-refractivity contribution in [3.8, 4) is 0 Å². The lowest BCUT2D eigenvalue weighted by molar-refractivity contribution is 0.189. The number of hydrogen-bond acceptors (Lipinski definition) is 3. The topological polar surface area (TPSA) is 51.2 Å². The van der Waals surface area contributed by atoms with Gasteiger partial charge in [-0.15, -0.1) is 0 Å². The molecule has 2 rings (SSSR count). The first-order valence-corrected chi connectivity index (χ1v) is 5.04. The molecule has 0 fully saturated rings. The third-order valence-electron chi connectivity index (χ3n) is 2.16. The van der Waals surface area contributed by atoms with E-state index in [1.54, 1.807) is 29.2 Å². The molecule has 0 bridgehead atoms. The number of nitrogens with zero attached hydrogens (tertiary/aromatic N) is 2. The summed E-state index contributed by atoms with van der Waals surface area (Å²) in [6, 6.07) is 3.25. The smallest absolute Gasteiger partial charge is 0.193 e. The van der Waals surface area contributed by atoms with Gasteiger partial charge in [0.15, 0.2) is 5.22 Å². The van der Waals surface area contributed by atoms with Gasteiger partial charge >= 0.3 is 0 Å². The first-order chi connectivity index (χ1) is 7.20. The highest BCUT2D eigenvalue weighted by Crippen LogP contribution is 2.25. The molecule has 2 heterocycles. The number of aliphatic hydroxyl groups excluding tert-OH is 1. The summed E-state index contributed by atoms with van der Waals surface area (Å²) in [5, 5.41) is 14.2. The van der Waals surface area contributed by atoms with E-state index in [-0.39, 0.29) is 5.22 Å². The maximum Gasteiger partial charge on any atom is 0.193 e. The molecule has 0 aliphatic rings. The van der Waals surface area contributed by atoms with Gasteiger partial charge in [0.2, 0.25) is 0 Å². The van der Waals surface area contributed by atoms with Crippen LogP contribution in [0.15, 0.2) is 28.9 Å². The number of rotatable bonds is 3. The van der Waals surface area contributed by atoms with Gasteiger partial charge < -0.3 is 9.52 Å². The van der Waals surface area contributed by atoms with E-state index in [0.29, 0.717) is 11.3 Å². The minimum Gasteiger partial charge on any atom is -0.447 e. The van der Waals surface area contributed by atoms with Crippen molar-refractivity contribution >= 4 is 11.6 Å². The Labute approximate surface area is 92.1 Å². The van der Waals surface area contributed by atoms with Gasteiger partial charge in [0, 0.05) is 18.3 Å². The van der Waals surface area contributed by atoms with Crippen LogP contribution in [0.25, 0.3) is 0 Å². The minimum absolute atomic E-state index is 0.270. The third kappa shape index (κ3) is 2.06. The molecular formula is C10H11ClN2O2. The lowest BCUT2D eigenvalue weighted by atomic mass is 10.1. The summed E-state index contributed by atoms with van der Waals surface area (Å²) < 4.78 is 6.86. The molecule has 0 aromatic carbocycles. The van der Waals surface area contributed by atoms with Crippen LogP contribution in [0.2, 0.25) is 5.22 Å². The second-order valence-corrected chi connectivity index (χ2v) is 3.55. The number of aryl methyl sites for hydroxylation is 1. The van der Waals surface area contributed by atoms with E-state index in [4.69, 9.17) is 16.0 Å². The Morgan fingerprint density at radius 2 is 2.40 bits per heavy atom. The summed E-state index contributed by atoms with van der Waals surface area (Å²) >= 11 is 5.63. The van der Waals surface area contributed by atoms with Crippen LogP contribution in [-0.2, 0) is 6.54 Å². The molecule has 0 saturated carbocycles. The quantitative estimate of drug-likeness (QED) is 0.873. The highest BCUT2D eigenvalue weighted by atomic mass is 35.5. The zero-order valence-electron chi connectivity index (χ0n) is 8.22. The Hall–Kier alpha value is -1.26. The van der Waals surface area contributed by atoms with Crippen LogP contribution in [-0.4, -0.2) is 14.9 Å². The molecule has 2 aromatic rings. The fourth-order valence-electron chi connectivity index (χ4n) is 1.33. The number of aromatic nitrogens is 2. The number of halogens is 1. The van der Waals surface area contributed by atoms with Crippen LogP contribution in [0.4, 0.5) is 0 Å². The fourth-order valence-corrected chi connectivity index (χ4v) is 1.49. The third-order valence-corrected chi connectivity index (χ3v) is 2.36. The van der Waals surface area contributed by atoms with Crippen LogP contribution in [0.1, 0.15) is 24.4 Å². The molecule has 15 heavy (non-hydrogen) atoms. The average Bonchev–Trinajstić information content (AvgIpc) is 2.84. The maximum absolute atomic E-state index is 9.91. The molecule has 0 radical (unpaired) electrons. The zero-order chi connectivity index (χ0) is 10.8. The highest BCUT2D eigenvalue weighted by molar-refractivity contribution is 6.28. The molecule has 4 nitrogen and oxygen atoms in total. The lowest BCUT2D eigenvalue weighted by Gasteiger charge is -2.03. The van der Waals surface area contributed by atoms with Gasteiger partial charge in [-0.1, -0.05) is 0 Å². The van der Waals surface area contributed by atoms with Gasteiger partial charge in [-0.25, -0.2) is 0 Å². The van der Waals surface area contributed by atoms with E-state index < -0.39 is 6.10 Å². The fraction of sp³-hybridized carbons (Fsp3) is 0.300. The van der Waals surface area contributed by atoms with E-state index >= 15 is 0 Å². The maximum atomic E-state index is 9.91. The first-order valence-electron chi connectivity index (χ1n) is 4.66. The molecule has 0 aliphatic heterocycles. The van der Waals surface area contributed by atoms with Crippen LogP contribution < -0.4 is 0 Å². The zero-order valence-corrected chi connectivity index (χ0v) is 8.98. The van der Waals surface area contributed by atoms with Gasteiger partial charge in [0.1, 0.15) is 11.9 Å². The molecular weight excluding hydrogens is 216 g/mol. The Bertz CT molecular complexity index is 450. The van der Waals surface area contributed by atoms with E-state index in [2.05, 4.69) is 5.10 Å². The first kappa shape index (κ1) is 10.3. The molecule has 2 aromatic heterocycles. The van der Waals surface area contributed by atoms with Crippen molar-refractivity contribution in [1.29, 1.82) is 0 Å². The largest absolute Gasteiger partial charge is 0.447 e. The Morgan fingerprint density at radius 3 is 2.93 bits per heavy atom. The van der Waals surface area contributed by atoms with Gasteiger partial charge in [0.05, 0.1) is 6.20 Å². The Balaban J connectivity index is 2.23. The lowest BCUT2D eigenvalue weighted by Crippen LogP contribution is -1.97. The summed E-state index contributed by atoms with van der Waals surface area (Å²) in [7, 11) is 0. The molecule has 0 spiro atoms. The number of aliphatic hydroxyl groups is 1. The SMILES string of the molecule is CCn1cc(C(O)c2ccc(Cl)o2)cn1. The minimum atomic E-state index is -0.808. The summed E-state index contributed by atoms with van der Waals surface area (Å²) in [5.74, 6) is 0.427. The number of hydrogen-bond donors (Lipinski definition) is 1. The molecule has 0 aliphatic carbocycles. The molecule has 80 valence electrons. The van der Waals surface area contributed by atoms with Crippen LogP contribution in [0.3, 0.4) is 0 Å². The molecule has 5 heteroatoms. The molecule has 1 N–H and O–H groups in total. The highest BCUT2D eigenvalue weighted by Gasteiger charge is 2.15. The van der Waals surface area contributed by atoms with Gasteiger partial charge in [0.25, 0.3) is 0 Å². The molecule has 1 unspecified atom stereocenters. The summed E-state index contributed by atoms with van der Waals surface area (Å²) in [6.07, 6.45) is 2.59. The molecule has 1 atom stereocenters. The van der Waals surface area contributed by atoms with Gasteiger partial charge in [-0.2, -0.15) is 5.10 Å². The van der Waals surface area contributed by atoms with Crippen molar-refractivity contribution < 1.29 is 9.52 Å². The number of furan rings is 1. The second-order valence-electron chi connectivity index (χ2n) is 3.17. The molecule has 0 saturated heterocycles. The van der Waals surface area contributed by atoms with Crippen molar-refractivity contribution in [3.05, 3.63) is 41.1 Å². The predicted molar refractivity (Wildman–Crippen MR) is 55.7 cm³/mol. The van der Waals surface area contributed by atoms with E-state index in [1.165, 1.54) is 0 Å². The van der Waals surface area contributed by atoms with Crippen LogP contribution in [0.5, 0.6) is 0 Å². The Kier molecular flexibility index (Phi) is 2.79. The van der Waals surface area contributed by atoms with E-state index in [0.717, 1.165) is 6.54 Å².